The molecule has 0 unspecified atom stereocenters. The predicted molar refractivity (Wildman–Crippen MR) is 67.8 cm³/mol. The first-order valence-corrected chi connectivity index (χ1v) is 7.21. The maximum atomic E-state index is 12.4. The Morgan fingerprint density at radius 3 is 2.29 bits per heavy atom. The van der Waals surface area contributed by atoms with Crippen LogP contribution in [0.15, 0.2) is 23.1 Å². The first-order chi connectivity index (χ1) is 9.53. The van der Waals surface area contributed by atoms with Crippen molar-refractivity contribution in [3.05, 3.63) is 23.8 Å². The van der Waals surface area contributed by atoms with Crippen LogP contribution in [-0.2, 0) is 0 Å². The van der Waals surface area contributed by atoms with Crippen molar-refractivity contribution in [2.75, 3.05) is 5.33 Å². The number of ether oxygens (including phenoxy) is 1. The molecular formula is C11H7BrF6O2S. The number of hydrogen-bond donors (Lipinski definition) is 0. The van der Waals surface area contributed by atoms with Crippen molar-refractivity contribution in [2.24, 2.45) is 0 Å². The molecule has 21 heavy (non-hydrogen) atoms. The van der Waals surface area contributed by atoms with E-state index in [1.165, 1.54) is 0 Å². The molecule has 0 aliphatic rings. The van der Waals surface area contributed by atoms with Crippen molar-refractivity contribution >= 4 is 33.5 Å². The summed E-state index contributed by atoms with van der Waals surface area (Å²) < 4.78 is 77.7. The Balaban J connectivity index is 3.30. The summed E-state index contributed by atoms with van der Waals surface area (Å²) in [5.74, 6) is -1.82. The fourth-order valence-electron chi connectivity index (χ4n) is 1.42. The molecule has 1 aromatic carbocycles. The van der Waals surface area contributed by atoms with Crippen molar-refractivity contribution in [1.29, 1.82) is 0 Å². The average Bonchev–Trinajstić information content (AvgIpc) is 2.24. The zero-order valence-corrected chi connectivity index (χ0v) is 12.4. The minimum absolute atomic E-state index is 0.0995. The maximum Gasteiger partial charge on any atom is 0.573 e. The molecule has 0 aliphatic carbocycles. The van der Waals surface area contributed by atoms with E-state index >= 15 is 0 Å². The van der Waals surface area contributed by atoms with Crippen LogP contribution in [0.3, 0.4) is 0 Å². The minimum Gasteiger partial charge on any atom is -0.405 e. The second kappa shape index (κ2) is 6.91. The molecule has 2 nitrogen and oxygen atoms in total. The number of halogens is 7. The van der Waals surface area contributed by atoms with Crippen LogP contribution < -0.4 is 4.74 Å². The van der Waals surface area contributed by atoms with Gasteiger partial charge in [0.15, 0.2) is 5.78 Å². The van der Waals surface area contributed by atoms with Gasteiger partial charge in [0.25, 0.3) is 0 Å². The van der Waals surface area contributed by atoms with Crippen LogP contribution in [0.25, 0.3) is 0 Å². The second-order valence-electron chi connectivity index (χ2n) is 3.59. The number of carbonyl (C=O) groups is 1. The normalized spacial score (nSPS) is 12.3. The molecule has 0 aromatic heterocycles. The van der Waals surface area contributed by atoms with Gasteiger partial charge in [-0.25, -0.2) is 0 Å². The van der Waals surface area contributed by atoms with Crippen LogP contribution in [-0.4, -0.2) is 23.0 Å². The van der Waals surface area contributed by atoms with Gasteiger partial charge >= 0.3 is 11.9 Å². The third kappa shape index (κ3) is 6.16. The zero-order chi connectivity index (χ0) is 16.3. The highest BCUT2D eigenvalue weighted by molar-refractivity contribution is 9.09. The van der Waals surface area contributed by atoms with E-state index in [0.717, 1.165) is 18.2 Å². The summed E-state index contributed by atoms with van der Waals surface area (Å²) in [5.41, 5.74) is -5.46. The van der Waals surface area contributed by atoms with Crippen LogP contribution in [0.4, 0.5) is 26.3 Å². The first-order valence-electron chi connectivity index (χ1n) is 5.27. The lowest BCUT2D eigenvalue weighted by molar-refractivity contribution is -0.274. The Hall–Kier alpha value is -0.900. The average molecular weight is 397 g/mol. The fraction of sp³-hybridized carbons (Fsp3) is 0.364. The summed E-state index contributed by atoms with van der Waals surface area (Å²) in [5, 5.41) is 0.0995. The molecular weight excluding hydrogens is 390 g/mol. The predicted octanol–water partition coefficient (Wildman–Crippen LogP) is 5.16. The molecule has 0 bridgehead atoms. The van der Waals surface area contributed by atoms with E-state index in [0.29, 0.717) is 0 Å². The first kappa shape index (κ1) is 18.1. The van der Waals surface area contributed by atoms with Gasteiger partial charge in [0.05, 0.1) is 5.56 Å². The van der Waals surface area contributed by atoms with Crippen LogP contribution >= 0.6 is 27.7 Å². The van der Waals surface area contributed by atoms with Crippen LogP contribution in [0.1, 0.15) is 16.8 Å². The van der Waals surface area contributed by atoms with Gasteiger partial charge in [0.1, 0.15) is 5.75 Å². The highest BCUT2D eigenvalue weighted by atomic mass is 79.9. The van der Waals surface area contributed by atoms with Gasteiger partial charge < -0.3 is 4.74 Å². The highest BCUT2D eigenvalue weighted by Crippen LogP contribution is 2.42. The Bertz CT molecular complexity index is 480. The minimum atomic E-state index is -5.11. The van der Waals surface area contributed by atoms with Gasteiger partial charge in [-0.05, 0) is 23.9 Å². The van der Waals surface area contributed by atoms with Crippen LogP contribution in [0.5, 0.6) is 5.75 Å². The number of thioether (sulfide) groups is 1. The third-order valence-electron chi connectivity index (χ3n) is 2.04. The van der Waals surface area contributed by atoms with E-state index in [1.54, 1.807) is 0 Å². The summed E-state index contributed by atoms with van der Waals surface area (Å²) in [6.07, 6.45) is -5.37. The number of carbonyl (C=O) groups excluding carboxylic acids is 1. The van der Waals surface area contributed by atoms with Gasteiger partial charge in [0.2, 0.25) is 0 Å². The molecule has 0 saturated heterocycles. The highest BCUT2D eigenvalue weighted by Gasteiger charge is 2.36. The van der Waals surface area contributed by atoms with Crippen LogP contribution in [0.2, 0.25) is 0 Å². The van der Waals surface area contributed by atoms with E-state index in [9.17, 15) is 31.1 Å². The molecule has 10 heteroatoms. The molecule has 0 atom stereocenters. The Morgan fingerprint density at radius 1 is 1.19 bits per heavy atom. The quantitative estimate of drug-likeness (QED) is 0.297. The van der Waals surface area contributed by atoms with Crippen LogP contribution in [0, 0.1) is 0 Å². The zero-order valence-electron chi connectivity index (χ0n) is 10.0. The molecule has 0 spiro atoms. The smallest absolute Gasteiger partial charge is 0.405 e. The Kier molecular flexibility index (Phi) is 5.97. The van der Waals surface area contributed by atoms with E-state index in [1.807, 2.05) is 0 Å². The Labute approximate surface area is 128 Å². The number of hydrogen-bond acceptors (Lipinski definition) is 3. The summed E-state index contributed by atoms with van der Waals surface area (Å²) in [4.78, 5) is 11.2. The van der Waals surface area contributed by atoms with Crippen molar-refractivity contribution in [1.82, 2.24) is 0 Å². The van der Waals surface area contributed by atoms with E-state index < -0.39 is 45.6 Å². The number of alkyl halides is 7. The van der Waals surface area contributed by atoms with Gasteiger partial charge in [0, 0.05) is 16.6 Å². The molecule has 0 heterocycles. The molecule has 0 radical (unpaired) electrons. The Morgan fingerprint density at radius 2 is 1.81 bits per heavy atom. The number of Topliss-reactive ketones (excluding diaryl/α,β-unsaturated/α-hetero) is 1. The third-order valence-corrected chi connectivity index (χ3v) is 3.23. The largest absolute Gasteiger partial charge is 0.573 e. The molecule has 118 valence electrons. The molecule has 1 rings (SSSR count). The number of rotatable bonds is 5. The topological polar surface area (TPSA) is 26.3 Å². The lowest BCUT2D eigenvalue weighted by Crippen LogP contribution is -2.19. The summed E-state index contributed by atoms with van der Waals surface area (Å²) in [7, 11) is 0. The summed E-state index contributed by atoms with van der Waals surface area (Å²) in [6, 6.07) is 2.68. The summed E-state index contributed by atoms with van der Waals surface area (Å²) >= 11 is 2.24. The molecule has 0 aliphatic heterocycles. The molecule has 0 N–H and O–H groups in total. The molecule has 0 fully saturated rings. The van der Waals surface area contributed by atoms with E-state index in [2.05, 4.69) is 20.7 Å². The van der Waals surface area contributed by atoms with Crippen molar-refractivity contribution in [3.63, 3.8) is 0 Å². The second-order valence-corrected chi connectivity index (χ2v) is 5.49. The standard InChI is InChI=1S/C11H7BrF6O2S/c12-5-4-6(19)9-7(20-10(13,14)15)2-1-3-8(9)21-11(16,17)18/h1-3H,4-5H2. The summed E-state index contributed by atoms with van der Waals surface area (Å²) in [6.45, 7) is 0. The monoisotopic (exact) mass is 396 g/mol. The SMILES string of the molecule is O=C(CCBr)c1c(OC(F)(F)F)cccc1SC(F)(F)F. The van der Waals surface area contributed by atoms with Crippen molar-refractivity contribution in [3.8, 4) is 5.75 Å². The molecule has 0 amide bonds. The lowest BCUT2D eigenvalue weighted by Gasteiger charge is -2.16. The van der Waals surface area contributed by atoms with Gasteiger partial charge in [-0.15, -0.1) is 13.2 Å². The van der Waals surface area contributed by atoms with Gasteiger partial charge in [-0.3, -0.25) is 4.79 Å². The number of ketones is 1. The molecule has 1 aromatic rings. The lowest BCUT2D eigenvalue weighted by atomic mass is 10.1. The number of benzene rings is 1. The van der Waals surface area contributed by atoms with E-state index in [4.69, 9.17) is 0 Å². The van der Waals surface area contributed by atoms with E-state index in [-0.39, 0.29) is 11.8 Å². The van der Waals surface area contributed by atoms with Crippen molar-refractivity contribution < 1.29 is 35.9 Å². The fourth-order valence-corrected chi connectivity index (χ4v) is 2.49. The van der Waals surface area contributed by atoms with Gasteiger partial charge in [-0.2, -0.15) is 13.2 Å². The molecule has 0 saturated carbocycles. The van der Waals surface area contributed by atoms with Crippen molar-refractivity contribution in [2.45, 2.75) is 23.2 Å². The van der Waals surface area contributed by atoms with Gasteiger partial charge in [-0.1, -0.05) is 22.0 Å². The maximum absolute atomic E-state index is 12.4.